The van der Waals surface area contributed by atoms with Crippen LogP contribution < -0.4 is 11.1 Å². The van der Waals surface area contributed by atoms with Gasteiger partial charge in [-0.15, -0.1) is 6.58 Å². The molecule has 0 radical (unpaired) electrons. The van der Waals surface area contributed by atoms with E-state index in [2.05, 4.69) is 11.9 Å². The fraction of sp³-hybridized carbons (Fsp3) is 0.727. The minimum atomic E-state index is -0.506. The number of nitrogens with one attached hydrogen (secondary N) is 1. The average Bonchev–Trinajstić information content (AvgIpc) is 2.30. The average molecular weight is 230 g/mol. The third-order valence-corrected chi connectivity index (χ3v) is 1.98. The van der Waals surface area contributed by atoms with Gasteiger partial charge in [0.05, 0.1) is 19.3 Å². The third kappa shape index (κ3) is 8.40. The van der Waals surface area contributed by atoms with Crippen LogP contribution >= 0.6 is 0 Å². The van der Waals surface area contributed by atoms with E-state index in [9.17, 15) is 4.79 Å². The highest BCUT2D eigenvalue weighted by Gasteiger charge is 2.11. The van der Waals surface area contributed by atoms with Crippen LogP contribution in [0.1, 0.15) is 12.8 Å². The van der Waals surface area contributed by atoms with E-state index >= 15 is 0 Å². The van der Waals surface area contributed by atoms with E-state index in [0.717, 1.165) is 6.42 Å². The molecule has 0 aliphatic rings. The van der Waals surface area contributed by atoms with Gasteiger partial charge >= 0.3 is 0 Å². The lowest BCUT2D eigenvalue weighted by atomic mass is 10.2. The molecule has 0 aromatic rings. The predicted molar refractivity (Wildman–Crippen MR) is 63.1 cm³/mol. The van der Waals surface area contributed by atoms with Crippen LogP contribution in [0.2, 0.25) is 0 Å². The van der Waals surface area contributed by atoms with E-state index in [1.807, 2.05) is 0 Å². The molecule has 0 rings (SSSR count). The minimum Gasteiger partial charge on any atom is -0.385 e. The topological polar surface area (TPSA) is 73.6 Å². The summed E-state index contributed by atoms with van der Waals surface area (Å²) in [6.07, 6.45) is 3.14. The monoisotopic (exact) mass is 230 g/mol. The van der Waals surface area contributed by atoms with E-state index in [-0.39, 0.29) is 5.91 Å². The highest BCUT2D eigenvalue weighted by atomic mass is 16.5. The molecule has 0 spiro atoms. The first kappa shape index (κ1) is 15.1. The van der Waals surface area contributed by atoms with Crippen LogP contribution in [0, 0.1) is 0 Å². The molecule has 94 valence electrons. The Morgan fingerprint density at radius 3 is 2.88 bits per heavy atom. The van der Waals surface area contributed by atoms with Gasteiger partial charge in [-0.25, -0.2) is 0 Å². The number of methoxy groups -OCH3 is 1. The Hall–Kier alpha value is -0.910. The summed E-state index contributed by atoms with van der Waals surface area (Å²) in [6, 6.07) is -0.506. The summed E-state index contributed by atoms with van der Waals surface area (Å²) >= 11 is 0. The number of hydrogen-bond acceptors (Lipinski definition) is 4. The van der Waals surface area contributed by atoms with Crippen LogP contribution in [0.3, 0.4) is 0 Å². The minimum absolute atomic E-state index is 0.163. The summed E-state index contributed by atoms with van der Waals surface area (Å²) in [5, 5.41) is 2.70. The van der Waals surface area contributed by atoms with Crippen LogP contribution in [-0.4, -0.2) is 45.4 Å². The third-order valence-electron chi connectivity index (χ3n) is 1.98. The second-order valence-electron chi connectivity index (χ2n) is 3.37. The first-order chi connectivity index (χ1) is 7.72. The molecule has 1 unspecified atom stereocenters. The van der Waals surface area contributed by atoms with Crippen LogP contribution in [0.15, 0.2) is 12.7 Å². The van der Waals surface area contributed by atoms with Gasteiger partial charge in [-0.1, -0.05) is 6.08 Å². The Balaban J connectivity index is 3.38. The molecule has 5 heteroatoms. The molecule has 3 N–H and O–H groups in total. The molecule has 16 heavy (non-hydrogen) atoms. The normalized spacial score (nSPS) is 12.1. The van der Waals surface area contributed by atoms with Crippen molar-refractivity contribution in [3.63, 3.8) is 0 Å². The van der Waals surface area contributed by atoms with Crippen molar-refractivity contribution in [3.05, 3.63) is 12.7 Å². The zero-order chi connectivity index (χ0) is 12.2. The van der Waals surface area contributed by atoms with Gasteiger partial charge in [0.2, 0.25) is 5.91 Å². The maximum Gasteiger partial charge on any atom is 0.237 e. The molecule has 0 aliphatic heterocycles. The Morgan fingerprint density at radius 1 is 1.50 bits per heavy atom. The molecule has 0 aromatic heterocycles. The van der Waals surface area contributed by atoms with Crippen LogP contribution in [-0.2, 0) is 14.3 Å². The lowest BCUT2D eigenvalue weighted by Crippen LogP contribution is -2.42. The number of carbonyl (C=O) groups is 1. The fourth-order valence-corrected chi connectivity index (χ4v) is 1.02. The lowest BCUT2D eigenvalue weighted by Gasteiger charge is -2.11. The second-order valence-corrected chi connectivity index (χ2v) is 3.37. The van der Waals surface area contributed by atoms with Crippen LogP contribution in [0.4, 0.5) is 0 Å². The molecular formula is C11H22N2O3. The van der Waals surface area contributed by atoms with Crippen molar-refractivity contribution in [2.24, 2.45) is 5.73 Å². The Kier molecular flexibility index (Phi) is 10.00. The van der Waals surface area contributed by atoms with Crippen molar-refractivity contribution in [1.29, 1.82) is 0 Å². The van der Waals surface area contributed by atoms with Gasteiger partial charge in [-0.3, -0.25) is 4.79 Å². The zero-order valence-electron chi connectivity index (χ0n) is 9.91. The Bertz CT molecular complexity index is 198. The van der Waals surface area contributed by atoms with Crippen LogP contribution in [0.5, 0.6) is 0 Å². The lowest BCUT2D eigenvalue weighted by molar-refractivity contribution is -0.122. The zero-order valence-corrected chi connectivity index (χ0v) is 9.91. The molecule has 0 fully saturated rings. The number of ether oxygens (including phenoxy) is 2. The van der Waals surface area contributed by atoms with Crippen molar-refractivity contribution in [3.8, 4) is 0 Å². The van der Waals surface area contributed by atoms with Crippen molar-refractivity contribution in [2.45, 2.75) is 18.9 Å². The van der Waals surface area contributed by atoms with E-state index in [1.165, 1.54) is 0 Å². The summed E-state index contributed by atoms with van der Waals surface area (Å²) in [5.41, 5.74) is 5.62. The Labute approximate surface area is 97.0 Å². The molecular weight excluding hydrogens is 208 g/mol. The van der Waals surface area contributed by atoms with E-state index in [4.69, 9.17) is 15.2 Å². The molecule has 0 bridgehead atoms. The highest BCUT2D eigenvalue weighted by Crippen LogP contribution is 1.88. The molecule has 0 saturated carbocycles. The van der Waals surface area contributed by atoms with Gasteiger partial charge in [-0.05, 0) is 12.8 Å². The quantitative estimate of drug-likeness (QED) is 0.411. The first-order valence-electron chi connectivity index (χ1n) is 5.43. The van der Waals surface area contributed by atoms with E-state index < -0.39 is 6.04 Å². The maximum absolute atomic E-state index is 11.4. The SMILES string of the molecule is C=CCCOCCNC(=O)C(N)CCOC. The second kappa shape index (κ2) is 10.6. The fourth-order valence-electron chi connectivity index (χ4n) is 1.02. The molecule has 1 amide bonds. The van der Waals surface area contributed by atoms with Crippen molar-refractivity contribution >= 4 is 5.91 Å². The summed E-state index contributed by atoms with van der Waals surface area (Å²) in [5.74, 6) is -0.163. The number of hydrogen-bond donors (Lipinski definition) is 2. The van der Waals surface area contributed by atoms with E-state index in [0.29, 0.717) is 32.8 Å². The summed E-state index contributed by atoms with van der Waals surface area (Å²) in [4.78, 5) is 11.4. The van der Waals surface area contributed by atoms with Gasteiger partial charge in [0.1, 0.15) is 0 Å². The molecule has 0 heterocycles. The molecule has 0 aromatic carbocycles. The van der Waals surface area contributed by atoms with Crippen molar-refractivity contribution in [1.82, 2.24) is 5.32 Å². The van der Waals surface area contributed by atoms with Gasteiger partial charge in [0.15, 0.2) is 0 Å². The smallest absolute Gasteiger partial charge is 0.237 e. The predicted octanol–water partition coefficient (Wildman–Crippen LogP) is 0.0591. The standard InChI is InChI=1S/C11H22N2O3/c1-3-4-7-16-9-6-13-11(14)10(12)5-8-15-2/h3,10H,1,4-9,12H2,2H3,(H,13,14). The van der Waals surface area contributed by atoms with E-state index in [1.54, 1.807) is 13.2 Å². The van der Waals surface area contributed by atoms with Crippen molar-refractivity contribution < 1.29 is 14.3 Å². The first-order valence-corrected chi connectivity index (χ1v) is 5.43. The molecule has 0 saturated heterocycles. The largest absolute Gasteiger partial charge is 0.385 e. The number of rotatable bonds is 10. The number of carbonyl (C=O) groups excluding carboxylic acids is 1. The van der Waals surface area contributed by atoms with Crippen molar-refractivity contribution in [2.75, 3.05) is 33.5 Å². The van der Waals surface area contributed by atoms with Crippen LogP contribution in [0.25, 0.3) is 0 Å². The highest BCUT2D eigenvalue weighted by molar-refractivity contribution is 5.81. The Morgan fingerprint density at radius 2 is 2.25 bits per heavy atom. The summed E-state index contributed by atoms with van der Waals surface area (Å²) in [6.45, 7) is 5.68. The van der Waals surface area contributed by atoms with Gasteiger partial charge in [-0.2, -0.15) is 0 Å². The summed E-state index contributed by atoms with van der Waals surface area (Å²) in [7, 11) is 1.58. The molecule has 0 aliphatic carbocycles. The van der Waals surface area contributed by atoms with Gasteiger partial charge < -0.3 is 20.5 Å². The maximum atomic E-state index is 11.4. The number of amides is 1. The molecule has 1 atom stereocenters. The number of nitrogens with two attached hydrogens (primary N) is 1. The van der Waals surface area contributed by atoms with Gasteiger partial charge in [0, 0.05) is 20.3 Å². The summed E-state index contributed by atoms with van der Waals surface area (Å²) < 4.78 is 10.1. The van der Waals surface area contributed by atoms with Gasteiger partial charge in [0.25, 0.3) is 0 Å². The molecule has 5 nitrogen and oxygen atoms in total.